The van der Waals surface area contributed by atoms with Crippen LogP contribution in [0.2, 0.25) is 0 Å². The molecule has 0 fully saturated rings. The van der Waals surface area contributed by atoms with Crippen LogP contribution in [0.4, 0.5) is 0 Å². The highest BCUT2D eigenvalue weighted by Gasteiger charge is 2.24. The number of aliphatic carboxylic acids is 1. The number of nitrogens with zero attached hydrogens (tertiary/aromatic N) is 1. The summed E-state index contributed by atoms with van der Waals surface area (Å²) in [4.78, 5) is 22.7. The van der Waals surface area contributed by atoms with Gasteiger partial charge in [0.25, 0.3) is 0 Å². The Morgan fingerprint density at radius 2 is 1.68 bits per heavy atom. The molecule has 0 heterocycles. The lowest BCUT2D eigenvalue weighted by Gasteiger charge is -2.28. The second kappa shape index (κ2) is 13.4. The van der Waals surface area contributed by atoms with Gasteiger partial charge in [-0.3, -0.25) is 9.59 Å². The van der Waals surface area contributed by atoms with Gasteiger partial charge in [-0.05, 0) is 12.8 Å². The molecule has 0 aliphatic carbocycles. The smallest absolute Gasteiger partial charge is 0.310 e. The van der Waals surface area contributed by atoms with Gasteiger partial charge in [-0.25, -0.2) is 0 Å². The van der Waals surface area contributed by atoms with E-state index in [1.165, 1.54) is 19.3 Å². The Labute approximate surface area is 152 Å². The Morgan fingerprint density at radius 3 is 2.24 bits per heavy atom. The number of esters is 1. The Balaban J connectivity index is 4.18. The van der Waals surface area contributed by atoms with E-state index in [4.69, 9.17) is 9.84 Å². The summed E-state index contributed by atoms with van der Waals surface area (Å²) in [5, 5.41) is 8.93. The minimum Gasteiger partial charge on any atom is -0.481 e. The van der Waals surface area contributed by atoms with Gasteiger partial charge in [0.15, 0.2) is 6.10 Å². The van der Waals surface area contributed by atoms with E-state index in [0.29, 0.717) is 11.0 Å². The van der Waals surface area contributed by atoms with Crippen LogP contribution in [0.3, 0.4) is 0 Å². The summed E-state index contributed by atoms with van der Waals surface area (Å²) in [5.74, 6) is -1.37. The van der Waals surface area contributed by atoms with Crippen molar-refractivity contribution in [2.45, 2.75) is 51.6 Å². The van der Waals surface area contributed by atoms with Gasteiger partial charge in [0.05, 0.1) is 34.0 Å². The molecule has 0 aromatic carbocycles. The average molecular weight is 352 g/mol. The van der Waals surface area contributed by atoms with Gasteiger partial charge in [-0.15, -0.1) is 0 Å². The Bertz CT molecular complexity index is 473. The molecule has 142 valence electrons. The van der Waals surface area contributed by atoms with Gasteiger partial charge in [-0.1, -0.05) is 56.2 Å². The number of hydrogen-bond donors (Lipinski definition) is 1. The van der Waals surface area contributed by atoms with Crippen LogP contribution >= 0.6 is 0 Å². The number of carbonyl (C=O) groups is 2. The monoisotopic (exact) mass is 352 g/mol. The number of quaternary nitrogens is 1. The number of carboxylic acids is 1. The number of likely N-dealkylation sites (N-methyl/N-ethyl adjacent to an activating group) is 1. The second-order valence-electron chi connectivity index (χ2n) is 7.12. The van der Waals surface area contributed by atoms with Gasteiger partial charge >= 0.3 is 11.9 Å². The lowest BCUT2D eigenvalue weighted by molar-refractivity contribution is -0.873. The van der Waals surface area contributed by atoms with Gasteiger partial charge < -0.3 is 14.3 Å². The summed E-state index contributed by atoms with van der Waals surface area (Å²) in [5.41, 5.74) is 0. The van der Waals surface area contributed by atoms with E-state index in [1.807, 2.05) is 39.4 Å². The van der Waals surface area contributed by atoms with E-state index in [9.17, 15) is 9.59 Å². The first-order chi connectivity index (χ1) is 11.7. The predicted octanol–water partition coefficient (Wildman–Crippen LogP) is 3.72. The lowest BCUT2D eigenvalue weighted by Crippen LogP contribution is -2.43. The molecule has 0 aromatic rings. The van der Waals surface area contributed by atoms with Crippen LogP contribution in [-0.2, 0) is 14.3 Å². The quantitative estimate of drug-likeness (QED) is 0.237. The van der Waals surface area contributed by atoms with Gasteiger partial charge in [0.2, 0.25) is 0 Å². The summed E-state index contributed by atoms with van der Waals surface area (Å²) >= 11 is 0. The Hall–Kier alpha value is -1.88. The van der Waals surface area contributed by atoms with Crippen LogP contribution in [0.15, 0.2) is 36.5 Å². The largest absolute Gasteiger partial charge is 0.481 e. The zero-order chi connectivity index (χ0) is 19.1. The fourth-order valence-corrected chi connectivity index (χ4v) is 2.24. The van der Waals surface area contributed by atoms with Crippen molar-refractivity contribution in [2.75, 3.05) is 27.7 Å². The predicted molar refractivity (Wildman–Crippen MR) is 101 cm³/mol. The van der Waals surface area contributed by atoms with Crippen LogP contribution in [0.1, 0.15) is 45.4 Å². The molecule has 0 bridgehead atoms. The van der Waals surface area contributed by atoms with E-state index in [-0.39, 0.29) is 12.8 Å². The van der Waals surface area contributed by atoms with E-state index >= 15 is 0 Å². The van der Waals surface area contributed by atoms with Crippen LogP contribution in [0.25, 0.3) is 0 Å². The number of allylic oxidation sites excluding steroid dienone is 5. The molecule has 0 radical (unpaired) electrons. The third-order valence-electron chi connectivity index (χ3n) is 3.32. The van der Waals surface area contributed by atoms with Crippen molar-refractivity contribution in [2.24, 2.45) is 0 Å². The highest BCUT2D eigenvalue weighted by molar-refractivity contribution is 5.72. The molecule has 25 heavy (non-hydrogen) atoms. The summed E-state index contributed by atoms with van der Waals surface area (Å²) in [7, 11) is 5.80. The first kappa shape index (κ1) is 23.1. The minimum absolute atomic E-state index is 0.137. The zero-order valence-electron chi connectivity index (χ0n) is 16.1. The van der Waals surface area contributed by atoms with Crippen molar-refractivity contribution in [3.8, 4) is 0 Å². The Morgan fingerprint density at radius 1 is 1.04 bits per heavy atom. The number of carbonyl (C=O) groups excluding carboxylic acids is 1. The first-order valence-electron chi connectivity index (χ1n) is 8.94. The molecule has 0 saturated heterocycles. The average Bonchev–Trinajstić information content (AvgIpc) is 2.46. The fraction of sp³-hybridized carbons (Fsp3) is 0.600. The van der Waals surface area contributed by atoms with E-state index in [1.54, 1.807) is 12.2 Å². The van der Waals surface area contributed by atoms with Crippen molar-refractivity contribution in [1.82, 2.24) is 0 Å². The number of carboxylic acid groups (broad SMARTS) is 1. The van der Waals surface area contributed by atoms with Crippen LogP contribution < -0.4 is 0 Å². The highest BCUT2D eigenvalue weighted by atomic mass is 16.5. The Kier molecular flexibility index (Phi) is 12.4. The van der Waals surface area contributed by atoms with Crippen molar-refractivity contribution in [1.29, 1.82) is 0 Å². The summed E-state index contributed by atoms with van der Waals surface area (Å²) in [6.45, 7) is 2.65. The van der Waals surface area contributed by atoms with Crippen molar-refractivity contribution < 1.29 is 23.9 Å². The number of unbranched alkanes of at least 4 members (excludes halogenated alkanes) is 3. The third kappa shape index (κ3) is 16.8. The van der Waals surface area contributed by atoms with Crippen molar-refractivity contribution in [3.63, 3.8) is 0 Å². The number of hydrogen-bond acceptors (Lipinski definition) is 3. The minimum atomic E-state index is -0.963. The van der Waals surface area contributed by atoms with E-state index in [0.717, 1.165) is 6.42 Å². The topological polar surface area (TPSA) is 63.6 Å². The molecule has 0 aliphatic rings. The second-order valence-corrected chi connectivity index (χ2v) is 7.12. The molecular formula is C20H34NO4+. The maximum atomic E-state index is 11.8. The summed E-state index contributed by atoms with van der Waals surface area (Å²) in [6, 6.07) is 0. The SMILES string of the molecule is CCCCC/C=C/C=C/C=C/CC(=O)OC(CC(=O)O)C[N+](C)(C)C. The molecule has 1 N–H and O–H groups in total. The molecule has 0 rings (SSSR count). The molecule has 1 atom stereocenters. The summed E-state index contributed by atoms with van der Waals surface area (Å²) in [6.07, 6.45) is 15.6. The molecule has 5 heteroatoms. The van der Waals surface area contributed by atoms with Gasteiger partial charge in [-0.2, -0.15) is 0 Å². The van der Waals surface area contributed by atoms with Gasteiger partial charge in [0.1, 0.15) is 6.54 Å². The molecule has 5 nitrogen and oxygen atoms in total. The molecule has 0 spiro atoms. The van der Waals surface area contributed by atoms with Gasteiger partial charge in [0, 0.05) is 0 Å². The molecule has 0 aromatic heterocycles. The van der Waals surface area contributed by atoms with Crippen molar-refractivity contribution >= 4 is 11.9 Å². The van der Waals surface area contributed by atoms with Crippen LogP contribution in [0.5, 0.6) is 0 Å². The lowest BCUT2D eigenvalue weighted by atomic mass is 10.2. The van der Waals surface area contributed by atoms with Crippen LogP contribution in [-0.4, -0.2) is 55.3 Å². The highest BCUT2D eigenvalue weighted by Crippen LogP contribution is 2.07. The normalized spacial score (nSPS) is 13.8. The molecule has 0 saturated carbocycles. The zero-order valence-corrected chi connectivity index (χ0v) is 16.1. The first-order valence-corrected chi connectivity index (χ1v) is 8.94. The number of ether oxygens (including phenoxy) is 1. The maximum absolute atomic E-state index is 11.8. The van der Waals surface area contributed by atoms with Crippen molar-refractivity contribution in [3.05, 3.63) is 36.5 Å². The maximum Gasteiger partial charge on any atom is 0.310 e. The fourth-order valence-electron chi connectivity index (χ4n) is 2.24. The molecule has 0 amide bonds. The summed E-state index contributed by atoms with van der Waals surface area (Å²) < 4.78 is 5.83. The molecular weight excluding hydrogens is 318 g/mol. The standard InChI is InChI=1S/C20H33NO4/c1-5-6-7-8-9-10-11-12-13-14-15-20(24)25-18(16-19(22)23)17-21(2,3)4/h9-14,18H,5-8,15-17H2,1-4H3/p+1/b10-9+,12-11+,14-13+. The molecule has 0 aliphatic heterocycles. The number of rotatable bonds is 13. The molecule has 1 unspecified atom stereocenters. The van der Waals surface area contributed by atoms with E-state index < -0.39 is 18.0 Å². The van der Waals surface area contributed by atoms with E-state index in [2.05, 4.69) is 13.0 Å². The third-order valence-corrected chi connectivity index (χ3v) is 3.32. The van der Waals surface area contributed by atoms with Crippen LogP contribution in [0, 0.1) is 0 Å².